The first-order chi connectivity index (χ1) is 11.6. The number of nitro benzene ring substituents is 1. The molecule has 7 nitrogen and oxygen atoms in total. The van der Waals surface area contributed by atoms with E-state index in [9.17, 15) is 14.9 Å². The molecule has 0 amide bonds. The van der Waals surface area contributed by atoms with Crippen LogP contribution in [0.4, 0.5) is 5.69 Å². The van der Waals surface area contributed by atoms with Crippen LogP contribution in [0.3, 0.4) is 0 Å². The molecule has 1 heterocycles. The van der Waals surface area contributed by atoms with Gasteiger partial charge >= 0.3 is 0 Å². The van der Waals surface area contributed by atoms with Gasteiger partial charge in [0, 0.05) is 12.1 Å². The summed E-state index contributed by atoms with van der Waals surface area (Å²) in [6.07, 6.45) is 1.32. The molecule has 0 aliphatic rings. The van der Waals surface area contributed by atoms with Crippen molar-refractivity contribution in [2.24, 2.45) is 0 Å². The fourth-order valence-electron chi connectivity index (χ4n) is 2.00. The molecule has 8 heteroatoms. The van der Waals surface area contributed by atoms with Gasteiger partial charge < -0.3 is 4.74 Å². The standard InChI is InChI=1S/C16H10ClN3O4/c17-15-14(24-13-8-6-12(7-9-13)20(22)23)10-18-19(16(15)21)11-4-2-1-3-5-11/h1-10H. The summed E-state index contributed by atoms with van der Waals surface area (Å²) in [7, 11) is 0. The topological polar surface area (TPSA) is 87.3 Å². The van der Waals surface area contributed by atoms with Crippen molar-refractivity contribution in [3.05, 3.63) is 86.3 Å². The summed E-state index contributed by atoms with van der Waals surface area (Å²) < 4.78 is 6.64. The van der Waals surface area contributed by atoms with Crippen LogP contribution in [0.5, 0.6) is 11.5 Å². The van der Waals surface area contributed by atoms with Crippen molar-refractivity contribution in [3.8, 4) is 17.2 Å². The Labute approximate surface area is 140 Å². The zero-order chi connectivity index (χ0) is 17.1. The predicted molar refractivity (Wildman–Crippen MR) is 88.0 cm³/mol. The zero-order valence-corrected chi connectivity index (χ0v) is 12.9. The third-order valence-corrected chi connectivity index (χ3v) is 3.51. The SMILES string of the molecule is O=c1c(Cl)c(Oc2ccc([N+](=O)[O-])cc2)cnn1-c1ccccc1. The van der Waals surface area contributed by atoms with E-state index in [1.54, 1.807) is 24.3 Å². The second-order valence-electron chi connectivity index (χ2n) is 4.73. The van der Waals surface area contributed by atoms with Crippen molar-refractivity contribution < 1.29 is 9.66 Å². The van der Waals surface area contributed by atoms with Crippen LogP contribution >= 0.6 is 11.6 Å². The van der Waals surface area contributed by atoms with Gasteiger partial charge in [-0.05, 0) is 24.3 Å². The Bertz CT molecular complexity index is 940. The maximum atomic E-state index is 12.3. The molecule has 120 valence electrons. The fraction of sp³-hybridized carbons (Fsp3) is 0. The summed E-state index contributed by atoms with van der Waals surface area (Å²) >= 11 is 6.07. The maximum absolute atomic E-state index is 12.3. The Morgan fingerprint density at radius 1 is 1.08 bits per heavy atom. The smallest absolute Gasteiger partial charge is 0.294 e. The number of non-ortho nitro benzene ring substituents is 1. The van der Waals surface area contributed by atoms with Crippen molar-refractivity contribution in [1.29, 1.82) is 0 Å². The van der Waals surface area contributed by atoms with E-state index in [0.717, 1.165) is 4.68 Å². The number of ether oxygens (including phenoxy) is 1. The van der Waals surface area contributed by atoms with Crippen molar-refractivity contribution >= 4 is 17.3 Å². The van der Waals surface area contributed by atoms with Gasteiger partial charge in [-0.25, -0.2) is 0 Å². The average Bonchev–Trinajstić information content (AvgIpc) is 2.60. The normalized spacial score (nSPS) is 10.4. The highest BCUT2D eigenvalue weighted by atomic mass is 35.5. The molecule has 0 fully saturated rings. The number of benzene rings is 2. The summed E-state index contributed by atoms with van der Waals surface area (Å²) in [5.41, 5.74) is -0.0142. The van der Waals surface area contributed by atoms with E-state index >= 15 is 0 Å². The Balaban J connectivity index is 1.91. The minimum Gasteiger partial charge on any atom is -0.454 e. The first-order valence-electron chi connectivity index (χ1n) is 6.82. The third kappa shape index (κ3) is 3.11. The Hall–Kier alpha value is -3.19. The van der Waals surface area contributed by atoms with E-state index in [0.29, 0.717) is 11.4 Å². The number of halogens is 1. The zero-order valence-electron chi connectivity index (χ0n) is 12.1. The molecule has 0 aliphatic heterocycles. The Kier molecular flexibility index (Phi) is 4.26. The number of hydrogen-bond acceptors (Lipinski definition) is 5. The lowest BCUT2D eigenvalue weighted by Gasteiger charge is -2.09. The number of rotatable bonds is 4. The Morgan fingerprint density at radius 2 is 1.75 bits per heavy atom. The van der Waals surface area contributed by atoms with E-state index in [-0.39, 0.29) is 16.5 Å². The average molecular weight is 344 g/mol. The van der Waals surface area contributed by atoms with Gasteiger partial charge in [-0.3, -0.25) is 14.9 Å². The van der Waals surface area contributed by atoms with Crippen LogP contribution in [0.2, 0.25) is 5.02 Å². The summed E-state index contributed by atoms with van der Waals surface area (Å²) in [5.74, 6) is 0.379. The van der Waals surface area contributed by atoms with Gasteiger partial charge in [0.1, 0.15) is 5.75 Å². The largest absolute Gasteiger partial charge is 0.454 e. The number of hydrogen-bond donors (Lipinski definition) is 0. The molecule has 0 radical (unpaired) electrons. The minimum absolute atomic E-state index is 0.0638. The predicted octanol–water partition coefficient (Wildman–Crippen LogP) is 3.59. The molecule has 24 heavy (non-hydrogen) atoms. The van der Waals surface area contributed by atoms with Crippen LogP contribution < -0.4 is 10.3 Å². The minimum atomic E-state index is -0.526. The lowest BCUT2D eigenvalue weighted by atomic mass is 10.3. The lowest BCUT2D eigenvalue weighted by Crippen LogP contribution is -2.21. The van der Waals surface area contributed by atoms with Crippen molar-refractivity contribution in [3.63, 3.8) is 0 Å². The summed E-state index contributed by atoms with van der Waals surface area (Å²) in [5, 5.41) is 14.5. The molecule has 0 spiro atoms. The highest BCUT2D eigenvalue weighted by Gasteiger charge is 2.13. The maximum Gasteiger partial charge on any atom is 0.294 e. The molecular formula is C16H10ClN3O4. The van der Waals surface area contributed by atoms with Crippen LogP contribution in [0, 0.1) is 10.1 Å². The molecule has 2 aromatic carbocycles. The molecule has 0 saturated heterocycles. The quantitative estimate of drug-likeness (QED) is 0.533. The monoisotopic (exact) mass is 343 g/mol. The molecule has 0 aliphatic carbocycles. The lowest BCUT2D eigenvalue weighted by molar-refractivity contribution is -0.384. The van der Waals surface area contributed by atoms with E-state index < -0.39 is 10.5 Å². The van der Waals surface area contributed by atoms with Crippen molar-refractivity contribution in [2.75, 3.05) is 0 Å². The molecule has 0 unspecified atom stereocenters. The second-order valence-corrected chi connectivity index (χ2v) is 5.11. The van der Waals surface area contributed by atoms with Gasteiger partial charge in [-0.15, -0.1) is 0 Å². The van der Waals surface area contributed by atoms with Crippen LogP contribution in [-0.2, 0) is 0 Å². The third-order valence-electron chi connectivity index (χ3n) is 3.16. The molecular weight excluding hydrogens is 334 g/mol. The van der Waals surface area contributed by atoms with E-state index in [2.05, 4.69) is 5.10 Å². The second kappa shape index (κ2) is 6.51. The van der Waals surface area contributed by atoms with Gasteiger partial charge in [0.05, 0.1) is 16.8 Å². The van der Waals surface area contributed by atoms with E-state index in [4.69, 9.17) is 16.3 Å². The molecule has 0 bridgehead atoms. The van der Waals surface area contributed by atoms with Gasteiger partial charge in [0.15, 0.2) is 10.8 Å². The number of nitro groups is 1. The molecule has 0 atom stereocenters. The van der Waals surface area contributed by atoms with Gasteiger partial charge in [0.2, 0.25) is 0 Å². The van der Waals surface area contributed by atoms with E-state index in [1.807, 2.05) is 6.07 Å². The highest BCUT2D eigenvalue weighted by molar-refractivity contribution is 6.31. The number of nitrogens with zero attached hydrogens (tertiary/aromatic N) is 3. The van der Waals surface area contributed by atoms with E-state index in [1.165, 1.54) is 30.5 Å². The first kappa shape index (κ1) is 15.7. The number of aromatic nitrogens is 2. The van der Waals surface area contributed by atoms with Gasteiger partial charge in [0.25, 0.3) is 11.2 Å². The fourth-order valence-corrected chi connectivity index (χ4v) is 2.17. The Morgan fingerprint density at radius 3 is 2.38 bits per heavy atom. The van der Waals surface area contributed by atoms with Crippen LogP contribution in [0.1, 0.15) is 0 Å². The summed E-state index contributed by atoms with van der Waals surface area (Å²) in [6, 6.07) is 14.2. The molecule has 0 saturated carbocycles. The molecule has 1 aromatic heterocycles. The van der Waals surface area contributed by atoms with Gasteiger partial charge in [-0.2, -0.15) is 9.78 Å². The highest BCUT2D eigenvalue weighted by Crippen LogP contribution is 2.27. The first-order valence-corrected chi connectivity index (χ1v) is 7.19. The van der Waals surface area contributed by atoms with Crippen LogP contribution in [-0.4, -0.2) is 14.7 Å². The number of para-hydroxylation sites is 1. The van der Waals surface area contributed by atoms with Crippen molar-refractivity contribution in [1.82, 2.24) is 9.78 Å². The summed E-state index contributed by atoms with van der Waals surface area (Å²) in [4.78, 5) is 22.4. The van der Waals surface area contributed by atoms with Crippen LogP contribution in [0.25, 0.3) is 5.69 Å². The van der Waals surface area contributed by atoms with Gasteiger partial charge in [-0.1, -0.05) is 29.8 Å². The molecule has 3 rings (SSSR count). The summed E-state index contributed by atoms with van der Waals surface area (Å²) in [6.45, 7) is 0. The molecule has 0 N–H and O–H groups in total. The van der Waals surface area contributed by atoms with Crippen molar-refractivity contribution in [2.45, 2.75) is 0 Å². The molecule has 3 aromatic rings. The van der Waals surface area contributed by atoms with Crippen LogP contribution in [0.15, 0.2) is 65.6 Å².